The SMILES string of the molecule is COc1ccc2[nH]c(=O)c(CN(C[C@@H]3CCCO3)C(=S)NCC(C)C)cc2c1. The topological polar surface area (TPSA) is 66.6 Å². The van der Waals surface area contributed by atoms with E-state index >= 15 is 0 Å². The van der Waals surface area contributed by atoms with Crippen LogP contribution in [0.1, 0.15) is 32.3 Å². The minimum atomic E-state index is -0.0957. The number of nitrogens with one attached hydrogen (secondary N) is 2. The molecule has 0 saturated carbocycles. The lowest BCUT2D eigenvalue weighted by Gasteiger charge is -2.28. The summed E-state index contributed by atoms with van der Waals surface area (Å²) < 4.78 is 11.1. The molecule has 1 aromatic carbocycles. The molecule has 1 atom stereocenters. The van der Waals surface area contributed by atoms with Crippen LogP contribution in [-0.2, 0) is 11.3 Å². The largest absolute Gasteiger partial charge is 0.497 e. The molecular weight excluding hydrogens is 374 g/mol. The van der Waals surface area contributed by atoms with Crippen molar-refractivity contribution in [2.45, 2.75) is 39.3 Å². The van der Waals surface area contributed by atoms with Crippen LogP contribution >= 0.6 is 12.2 Å². The Bertz CT molecular complexity index is 875. The van der Waals surface area contributed by atoms with Gasteiger partial charge in [0, 0.05) is 36.2 Å². The first-order valence-corrected chi connectivity index (χ1v) is 10.2. The summed E-state index contributed by atoms with van der Waals surface area (Å²) in [5.41, 5.74) is 1.37. The van der Waals surface area contributed by atoms with Crippen molar-refractivity contribution in [3.63, 3.8) is 0 Å². The lowest BCUT2D eigenvalue weighted by molar-refractivity contribution is 0.0896. The molecule has 0 aliphatic carbocycles. The van der Waals surface area contributed by atoms with E-state index in [1.165, 1.54) is 0 Å². The van der Waals surface area contributed by atoms with Crippen molar-refractivity contribution in [3.8, 4) is 5.75 Å². The Kier molecular flexibility index (Phi) is 6.91. The molecule has 0 unspecified atom stereocenters. The molecule has 0 bridgehead atoms. The second-order valence-corrected chi connectivity index (χ2v) is 8.06. The zero-order valence-electron chi connectivity index (χ0n) is 16.8. The zero-order valence-corrected chi connectivity index (χ0v) is 17.6. The van der Waals surface area contributed by atoms with Gasteiger partial charge in [-0.3, -0.25) is 4.79 Å². The number of aromatic amines is 1. The molecule has 1 aliphatic rings. The van der Waals surface area contributed by atoms with Crippen molar-refractivity contribution < 1.29 is 9.47 Å². The Morgan fingerprint density at radius 3 is 2.93 bits per heavy atom. The Morgan fingerprint density at radius 1 is 1.43 bits per heavy atom. The number of thiocarbonyl (C=S) groups is 1. The number of rotatable bonds is 7. The molecule has 0 amide bonds. The average molecular weight is 404 g/mol. The van der Waals surface area contributed by atoms with Crippen LogP contribution in [0.15, 0.2) is 29.1 Å². The molecule has 2 N–H and O–H groups in total. The Labute approximate surface area is 171 Å². The van der Waals surface area contributed by atoms with Crippen molar-refractivity contribution in [1.29, 1.82) is 0 Å². The second kappa shape index (κ2) is 9.39. The van der Waals surface area contributed by atoms with Crippen molar-refractivity contribution in [2.75, 3.05) is 26.8 Å². The highest BCUT2D eigenvalue weighted by molar-refractivity contribution is 7.80. The molecule has 2 heterocycles. The molecule has 2 aromatic rings. The smallest absolute Gasteiger partial charge is 0.253 e. The van der Waals surface area contributed by atoms with E-state index in [2.05, 4.69) is 24.1 Å². The standard InChI is InChI=1S/C21H29N3O3S/c1-14(2)11-22-21(28)24(13-18-5-4-8-27-18)12-16-9-15-10-17(26-3)6-7-19(15)23-20(16)25/h6-7,9-10,14,18H,4-5,8,11-13H2,1-3H3,(H,22,28)(H,23,25)/t18-/m0/s1. The van der Waals surface area contributed by atoms with E-state index in [1.54, 1.807) is 7.11 Å². The Hall–Kier alpha value is -2.12. The van der Waals surface area contributed by atoms with Crippen molar-refractivity contribution >= 4 is 28.2 Å². The minimum absolute atomic E-state index is 0.0957. The third kappa shape index (κ3) is 5.23. The highest BCUT2D eigenvalue weighted by Gasteiger charge is 2.22. The molecule has 0 spiro atoms. The van der Waals surface area contributed by atoms with Gasteiger partial charge in [0.25, 0.3) is 5.56 Å². The number of fused-ring (bicyclic) bond motifs is 1. The fraction of sp³-hybridized carbons (Fsp3) is 0.524. The van der Waals surface area contributed by atoms with Crippen LogP contribution in [0, 0.1) is 5.92 Å². The number of hydrogen-bond donors (Lipinski definition) is 2. The van der Waals surface area contributed by atoms with Crippen LogP contribution in [-0.4, -0.2) is 47.9 Å². The maximum absolute atomic E-state index is 12.6. The summed E-state index contributed by atoms with van der Waals surface area (Å²) in [7, 11) is 1.63. The lowest BCUT2D eigenvalue weighted by atomic mass is 10.1. The summed E-state index contributed by atoms with van der Waals surface area (Å²) in [5.74, 6) is 1.25. The first-order chi connectivity index (χ1) is 13.5. The number of hydrogen-bond acceptors (Lipinski definition) is 4. The van der Waals surface area contributed by atoms with Gasteiger partial charge in [0.2, 0.25) is 0 Å². The molecule has 1 aromatic heterocycles. The number of aromatic nitrogens is 1. The van der Waals surface area contributed by atoms with Crippen molar-refractivity contribution in [2.24, 2.45) is 5.92 Å². The van der Waals surface area contributed by atoms with Gasteiger partial charge < -0.3 is 24.7 Å². The fourth-order valence-corrected chi connectivity index (χ4v) is 3.56. The summed E-state index contributed by atoms with van der Waals surface area (Å²) in [6.07, 6.45) is 2.24. The van der Waals surface area contributed by atoms with E-state index in [-0.39, 0.29) is 11.7 Å². The highest BCUT2D eigenvalue weighted by Crippen LogP contribution is 2.20. The predicted octanol–water partition coefficient (Wildman–Crippen LogP) is 3.05. The fourth-order valence-electron chi connectivity index (χ4n) is 3.34. The summed E-state index contributed by atoms with van der Waals surface area (Å²) in [5, 5.41) is 4.92. The first kappa shape index (κ1) is 20.6. The van der Waals surface area contributed by atoms with Gasteiger partial charge in [-0.2, -0.15) is 0 Å². The molecule has 7 heteroatoms. The highest BCUT2D eigenvalue weighted by atomic mass is 32.1. The van der Waals surface area contributed by atoms with Crippen LogP contribution in [0.25, 0.3) is 10.9 Å². The van der Waals surface area contributed by atoms with Crippen LogP contribution in [0.4, 0.5) is 0 Å². The number of methoxy groups -OCH3 is 1. The third-order valence-electron chi connectivity index (χ3n) is 4.89. The molecule has 1 aliphatic heterocycles. The van der Waals surface area contributed by atoms with Crippen molar-refractivity contribution in [3.05, 3.63) is 40.2 Å². The maximum atomic E-state index is 12.6. The van der Waals surface area contributed by atoms with Crippen LogP contribution in [0.3, 0.4) is 0 Å². The van der Waals surface area contributed by atoms with Gasteiger partial charge in [-0.25, -0.2) is 0 Å². The Morgan fingerprint density at radius 2 is 2.25 bits per heavy atom. The number of H-pyrrole nitrogens is 1. The maximum Gasteiger partial charge on any atom is 0.253 e. The second-order valence-electron chi connectivity index (χ2n) is 7.67. The van der Waals surface area contributed by atoms with Crippen LogP contribution in [0.5, 0.6) is 5.75 Å². The normalized spacial score (nSPS) is 16.5. The monoisotopic (exact) mass is 403 g/mol. The molecule has 1 fully saturated rings. The third-order valence-corrected chi connectivity index (χ3v) is 5.29. The summed E-state index contributed by atoms with van der Waals surface area (Å²) in [4.78, 5) is 17.7. The van der Waals surface area contributed by atoms with Gasteiger partial charge in [-0.05, 0) is 55.2 Å². The van der Waals surface area contributed by atoms with E-state index in [9.17, 15) is 4.79 Å². The summed E-state index contributed by atoms with van der Waals surface area (Å²) in [6.45, 7) is 6.99. The first-order valence-electron chi connectivity index (χ1n) is 9.80. The lowest BCUT2D eigenvalue weighted by Crippen LogP contribution is -2.44. The van der Waals surface area contributed by atoms with Gasteiger partial charge in [-0.1, -0.05) is 13.8 Å². The van der Waals surface area contributed by atoms with Crippen LogP contribution < -0.4 is 15.6 Å². The van der Waals surface area contributed by atoms with E-state index in [0.717, 1.165) is 42.6 Å². The molecule has 1 saturated heterocycles. The molecule has 3 rings (SSSR count). The van der Waals surface area contributed by atoms with Gasteiger partial charge in [0.05, 0.1) is 19.8 Å². The number of ether oxygens (including phenoxy) is 2. The average Bonchev–Trinajstić information content (AvgIpc) is 3.18. The number of benzene rings is 1. The Balaban J connectivity index is 1.84. The summed E-state index contributed by atoms with van der Waals surface area (Å²) in [6, 6.07) is 7.55. The van der Waals surface area contributed by atoms with E-state index in [1.807, 2.05) is 29.2 Å². The molecule has 28 heavy (non-hydrogen) atoms. The quantitative estimate of drug-likeness (QED) is 0.693. The molecule has 0 radical (unpaired) electrons. The number of pyridine rings is 1. The minimum Gasteiger partial charge on any atom is -0.497 e. The number of nitrogens with zero attached hydrogens (tertiary/aromatic N) is 1. The van der Waals surface area contributed by atoms with E-state index in [4.69, 9.17) is 21.7 Å². The van der Waals surface area contributed by atoms with E-state index in [0.29, 0.717) is 29.7 Å². The van der Waals surface area contributed by atoms with Gasteiger partial charge in [0.1, 0.15) is 5.75 Å². The zero-order chi connectivity index (χ0) is 20.1. The van der Waals surface area contributed by atoms with Gasteiger partial charge in [-0.15, -0.1) is 0 Å². The van der Waals surface area contributed by atoms with E-state index < -0.39 is 0 Å². The van der Waals surface area contributed by atoms with Crippen molar-refractivity contribution in [1.82, 2.24) is 15.2 Å². The summed E-state index contributed by atoms with van der Waals surface area (Å²) >= 11 is 5.63. The predicted molar refractivity (Wildman–Crippen MR) is 116 cm³/mol. The molecule has 6 nitrogen and oxygen atoms in total. The van der Waals surface area contributed by atoms with Crippen LogP contribution in [0.2, 0.25) is 0 Å². The molecule has 152 valence electrons. The van der Waals surface area contributed by atoms with Gasteiger partial charge in [0.15, 0.2) is 5.11 Å². The van der Waals surface area contributed by atoms with Gasteiger partial charge >= 0.3 is 0 Å². The molecular formula is C21H29N3O3S.